The maximum Gasteiger partial charge on any atom is 0.127 e. The predicted molar refractivity (Wildman–Crippen MR) is 86.0 cm³/mol. The number of rotatable bonds is 6. The smallest absolute Gasteiger partial charge is 0.127 e. The van der Waals surface area contributed by atoms with Gasteiger partial charge in [-0.1, -0.05) is 12.5 Å². The van der Waals surface area contributed by atoms with Gasteiger partial charge >= 0.3 is 0 Å². The third-order valence-corrected chi connectivity index (χ3v) is 4.34. The largest absolute Gasteiger partial charge is 0.497 e. The highest BCUT2D eigenvalue weighted by atomic mass is 16.5. The van der Waals surface area contributed by atoms with Gasteiger partial charge in [-0.2, -0.15) is 0 Å². The Labute approximate surface area is 128 Å². The number of likely N-dealkylation sites (tertiary alicyclic amines) is 1. The van der Waals surface area contributed by atoms with Crippen LogP contribution in [0.4, 0.5) is 0 Å². The SMILES string of the molecule is COc1ccc(C(C)N)c(OCCC2CCCCN2C)c1. The van der Waals surface area contributed by atoms with Crippen molar-refractivity contribution in [2.75, 3.05) is 27.3 Å². The van der Waals surface area contributed by atoms with E-state index in [1.807, 2.05) is 25.1 Å². The maximum atomic E-state index is 6.01. The van der Waals surface area contributed by atoms with Crippen molar-refractivity contribution >= 4 is 0 Å². The van der Waals surface area contributed by atoms with Crippen molar-refractivity contribution < 1.29 is 9.47 Å². The molecule has 1 aromatic rings. The highest BCUT2D eigenvalue weighted by Crippen LogP contribution is 2.29. The molecule has 4 nitrogen and oxygen atoms in total. The number of hydrogen-bond acceptors (Lipinski definition) is 4. The Hall–Kier alpha value is -1.26. The Morgan fingerprint density at radius 3 is 2.86 bits per heavy atom. The van der Waals surface area contributed by atoms with Gasteiger partial charge in [-0.05, 0) is 45.8 Å². The van der Waals surface area contributed by atoms with E-state index in [0.717, 1.165) is 30.1 Å². The van der Waals surface area contributed by atoms with Gasteiger partial charge in [0.1, 0.15) is 11.5 Å². The maximum absolute atomic E-state index is 6.01. The number of methoxy groups -OCH3 is 1. The van der Waals surface area contributed by atoms with E-state index in [-0.39, 0.29) is 6.04 Å². The standard InChI is InChI=1S/C17H28N2O2/c1-13(18)16-8-7-15(20-3)12-17(16)21-11-9-14-6-4-5-10-19(14)2/h7-8,12-14H,4-6,9-11,18H2,1-3H3. The van der Waals surface area contributed by atoms with Crippen molar-refractivity contribution in [3.05, 3.63) is 23.8 Å². The summed E-state index contributed by atoms with van der Waals surface area (Å²) in [6.07, 6.45) is 4.99. The lowest BCUT2D eigenvalue weighted by Gasteiger charge is -2.32. The average molecular weight is 292 g/mol. The van der Waals surface area contributed by atoms with Gasteiger partial charge < -0.3 is 20.1 Å². The highest BCUT2D eigenvalue weighted by molar-refractivity contribution is 5.42. The molecule has 1 saturated heterocycles. The minimum atomic E-state index is -0.0386. The van der Waals surface area contributed by atoms with Crippen LogP contribution in [0.2, 0.25) is 0 Å². The Morgan fingerprint density at radius 2 is 2.19 bits per heavy atom. The second-order valence-corrected chi connectivity index (χ2v) is 5.96. The zero-order chi connectivity index (χ0) is 15.2. The molecule has 0 amide bonds. The molecule has 2 N–H and O–H groups in total. The fraction of sp³-hybridized carbons (Fsp3) is 0.647. The van der Waals surface area contributed by atoms with E-state index in [0.29, 0.717) is 6.04 Å². The highest BCUT2D eigenvalue weighted by Gasteiger charge is 2.19. The molecule has 0 bridgehead atoms. The van der Waals surface area contributed by atoms with Crippen LogP contribution in [0.3, 0.4) is 0 Å². The fourth-order valence-corrected chi connectivity index (χ4v) is 2.96. The van der Waals surface area contributed by atoms with Crippen molar-refractivity contribution in [2.24, 2.45) is 5.73 Å². The van der Waals surface area contributed by atoms with Gasteiger partial charge in [0.05, 0.1) is 13.7 Å². The minimum Gasteiger partial charge on any atom is -0.497 e. The van der Waals surface area contributed by atoms with Gasteiger partial charge in [0, 0.05) is 23.7 Å². The molecule has 2 atom stereocenters. The van der Waals surface area contributed by atoms with E-state index in [1.54, 1.807) is 7.11 Å². The molecule has 118 valence electrons. The number of nitrogens with two attached hydrogens (primary N) is 1. The summed E-state index contributed by atoms with van der Waals surface area (Å²) in [6, 6.07) is 6.46. The quantitative estimate of drug-likeness (QED) is 0.875. The summed E-state index contributed by atoms with van der Waals surface area (Å²) < 4.78 is 11.3. The number of nitrogens with zero attached hydrogens (tertiary/aromatic N) is 1. The fourth-order valence-electron chi connectivity index (χ4n) is 2.96. The summed E-state index contributed by atoms with van der Waals surface area (Å²) in [5.41, 5.74) is 7.05. The van der Waals surface area contributed by atoms with Crippen molar-refractivity contribution in [3.63, 3.8) is 0 Å². The summed E-state index contributed by atoms with van der Waals surface area (Å²) in [6.45, 7) is 3.90. The molecule has 1 fully saturated rings. The molecule has 0 radical (unpaired) electrons. The van der Waals surface area contributed by atoms with Crippen molar-refractivity contribution in [1.29, 1.82) is 0 Å². The average Bonchev–Trinajstić information content (AvgIpc) is 2.48. The second kappa shape index (κ2) is 7.66. The molecule has 1 aliphatic heterocycles. The summed E-state index contributed by atoms with van der Waals surface area (Å²) in [7, 11) is 3.88. The van der Waals surface area contributed by atoms with Gasteiger partial charge in [0.15, 0.2) is 0 Å². The second-order valence-electron chi connectivity index (χ2n) is 5.96. The van der Waals surface area contributed by atoms with Gasteiger partial charge in [0.25, 0.3) is 0 Å². The molecule has 4 heteroatoms. The molecule has 2 unspecified atom stereocenters. The molecule has 0 spiro atoms. The van der Waals surface area contributed by atoms with Crippen molar-refractivity contribution in [3.8, 4) is 11.5 Å². The van der Waals surface area contributed by atoms with Crippen LogP contribution < -0.4 is 15.2 Å². The summed E-state index contributed by atoms with van der Waals surface area (Å²) >= 11 is 0. The third-order valence-electron chi connectivity index (χ3n) is 4.34. The molecule has 21 heavy (non-hydrogen) atoms. The number of hydrogen-bond donors (Lipinski definition) is 1. The van der Waals surface area contributed by atoms with Gasteiger partial charge in [-0.25, -0.2) is 0 Å². The normalized spacial score (nSPS) is 21.0. The number of piperidine rings is 1. The molecule has 1 aliphatic rings. The van der Waals surface area contributed by atoms with Crippen LogP contribution in [0.25, 0.3) is 0 Å². The first-order chi connectivity index (χ1) is 10.1. The topological polar surface area (TPSA) is 47.7 Å². The molecular weight excluding hydrogens is 264 g/mol. The molecule has 0 aromatic heterocycles. The lowest BCUT2D eigenvalue weighted by atomic mass is 10.0. The minimum absolute atomic E-state index is 0.0386. The molecule has 1 aromatic carbocycles. The van der Waals surface area contributed by atoms with Gasteiger partial charge in [-0.15, -0.1) is 0 Å². The van der Waals surface area contributed by atoms with Crippen LogP contribution in [-0.4, -0.2) is 38.3 Å². The Balaban J connectivity index is 1.95. The first-order valence-corrected chi connectivity index (χ1v) is 7.88. The molecule has 2 rings (SSSR count). The van der Waals surface area contributed by atoms with E-state index >= 15 is 0 Å². The number of benzene rings is 1. The van der Waals surface area contributed by atoms with E-state index in [1.165, 1.54) is 25.8 Å². The Bertz CT molecular complexity index is 448. The van der Waals surface area contributed by atoms with Crippen LogP contribution in [0.1, 0.15) is 44.2 Å². The van der Waals surface area contributed by atoms with Crippen LogP contribution in [0.15, 0.2) is 18.2 Å². The van der Waals surface area contributed by atoms with Crippen LogP contribution in [0, 0.1) is 0 Å². The van der Waals surface area contributed by atoms with E-state index in [4.69, 9.17) is 15.2 Å². The van der Waals surface area contributed by atoms with Crippen LogP contribution in [-0.2, 0) is 0 Å². The van der Waals surface area contributed by atoms with E-state index < -0.39 is 0 Å². The summed E-state index contributed by atoms with van der Waals surface area (Å²) in [4.78, 5) is 2.45. The lowest BCUT2D eigenvalue weighted by molar-refractivity contribution is 0.152. The third kappa shape index (κ3) is 4.35. The van der Waals surface area contributed by atoms with Crippen LogP contribution >= 0.6 is 0 Å². The van der Waals surface area contributed by atoms with Crippen molar-refractivity contribution in [2.45, 2.75) is 44.7 Å². The first kappa shape index (κ1) is 16.1. The molecule has 0 aliphatic carbocycles. The first-order valence-electron chi connectivity index (χ1n) is 7.88. The van der Waals surface area contributed by atoms with Crippen LogP contribution in [0.5, 0.6) is 11.5 Å². The zero-order valence-electron chi connectivity index (χ0n) is 13.5. The summed E-state index contributed by atoms with van der Waals surface area (Å²) in [5, 5.41) is 0. The molecular formula is C17H28N2O2. The van der Waals surface area contributed by atoms with Gasteiger partial charge in [0.2, 0.25) is 0 Å². The Kier molecular flexibility index (Phi) is 5.88. The van der Waals surface area contributed by atoms with Gasteiger partial charge in [-0.3, -0.25) is 0 Å². The predicted octanol–water partition coefficient (Wildman–Crippen LogP) is 2.97. The molecule has 0 saturated carbocycles. The zero-order valence-corrected chi connectivity index (χ0v) is 13.5. The monoisotopic (exact) mass is 292 g/mol. The summed E-state index contributed by atoms with van der Waals surface area (Å²) in [5.74, 6) is 1.66. The van der Waals surface area contributed by atoms with Crippen molar-refractivity contribution in [1.82, 2.24) is 4.90 Å². The Morgan fingerprint density at radius 1 is 1.38 bits per heavy atom. The molecule has 1 heterocycles. The van der Waals surface area contributed by atoms with E-state index in [2.05, 4.69) is 11.9 Å². The lowest BCUT2D eigenvalue weighted by Crippen LogP contribution is -2.37. The van der Waals surface area contributed by atoms with E-state index in [9.17, 15) is 0 Å². The number of ether oxygens (including phenoxy) is 2.